The molecule has 0 fully saturated rings. The molecule has 0 aliphatic heterocycles. The van der Waals surface area contributed by atoms with Gasteiger partial charge in [0.25, 0.3) is 5.91 Å². The van der Waals surface area contributed by atoms with Gasteiger partial charge in [0.2, 0.25) is 0 Å². The third-order valence-electron chi connectivity index (χ3n) is 1.11. The second-order valence-electron chi connectivity index (χ2n) is 1.82. The number of nitrogens with two attached hydrogens (primary N) is 1. The Hall–Kier alpha value is -1.03. The number of carbonyl (C=O) groups is 1. The molecule has 0 spiro atoms. The van der Waals surface area contributed by atoms with Crippen LogP contribution in [0, 0.1) is 0 Å². The van der Waals surface area contributed by atoms with Crippen molar-refractivity contribution in [1.29, 1.82) is 0 Å². The van der Waals surface area contributed by atoms with Gasteiger partial charge >= 0.3 is 0 Å². The molecule has 3 nitrogen and oxygen atoms in total. The number of thiophene rings is 1. The maximum absolute atomic E-state index is 10.9. The molecule has 0 radical (unpaired) electrons. The van der Waals surface area contributed by atoms with Crippen molar-refractivity contribution in [2.45, 2.75) is 0 Å². The molecular formula is C6H8N2OS. The van der Waals surface area contributed by atoms with Gasteiger partial charge in [0, 0.05) is 12.4 Å². The van der Waals surface area contributed by atoms with Gasteiger partial charge in [0.05, 0.1) is 10.6 Å². The number of hydrogen-bond donors (Lipinski definition) is 2. The van der Waals surface area contributed by atoms with Crippen LogP contribution in [0.2, 0.25) is 0 Å². The molecule has 0 saturated carbocycles. The van der Waals surface area contributed by atoms with Gasteiger partial charge < -0.3 is 11.1 Å². The Balaban J connectivity index is 2.85. The Bertz CT molecular complexity index is 244. The average Bonchev–Trinajstić information content (AvgIpc) is 2.34. The standard InChI is InChI=1S/C6H8N2OS/c1-8-6(9)4-2-5(7)10-3-4/h2-3H,7H2,1H3,(H,8,9). The van der Waals surface area contributed by atoms with E-state index < -0.39 is 0 Å². The minimum Gasteiger partial charge on any atom is -0.391 e. The van der Waals surface area contributed by atoms with E-state index in [0.29, 0.717) is 10.6 Å². The largest absolute Gasteiger partial charge is 0.391 e. The third kappa shape index (κ3) is 1.27. The maximum atomic E-state index is 10.9. The van der Waals surface area contributed by atoms with Crippen LogP contribution in [-0.2, 0) is 0 Å². The topological polar surface area (TPSA) is 55.1 Å². The van der Waals surface area contributed by atoms with E-state index in [1.807, 2.05) is 0 Å². The number of hydrogen-bond acceptors (Lipinski definition) is 3. The first-order valence-corrected chi connectivity index (χ1v) is 3.68. The van der Waals surface area contributed by atoms with Crippen LogP contribution < -0.4 is 11.1 Å². The normalized spacial score (nSPS) is 9.30. The predicted molar refractivity (Wildman–Crippen MR) is 42.1 cm³/mol. The molecule has 1 amide bonds. The average molecular weight is 156 g/mol. The van der Waals surface area contributed by atoms with Crippen LogP contribution >= 0.6 is 11.3 Å². The van der Waals surface area contributed by atoms with Crippen LogP contribution in [0.3, 0.4) is 0 Å². The molecule has 1 rings (SSSR count). The van der Waals surface area contributed by atoms with Crippen LogP contribution in [-0.4, -0.2) is 13.0 Å². The third-order valence-corrected chi connectivity index (χ3v) is 1.87. The lowest BCUT2D eigenvalue weighted by molar-refractivity contribution is 0.0963. The summed E-state index contributed by atoms with van der Waals surface area (Å²) in [5, 5.41) is 4.90. The van der Waals surface area contributed by atoms with Gasteiger partial charge in [-0.15, -0.1) is 11.3 Å². The number of carbonyl (C=O) groups excluding carboxylic acids is 1. The second kappa shape index (κ2) is 2.70. The smallest absolute Gasteiger partial charge is 0.251 e. The highest BCUT2D eigenvalue weighted by atomic mass is 32.1. The molecular weight excluding hydrogens is 148 g/mol. The van der Waals surface area contributed by atoms with Gasteiger partial charge in [-0.3, -0.25) is 4.79 Å². The number of nitrogen functional groups attached to an aromatic ring is 1. The minimum absolute atomic E-state index is 0.0899. The fraction of sp³-hybridized carbons (Fsp3) is 0.167. The highest BCUT2D eigenvalue weighted by molar-refractivity contribution is 7.14. The van der Waals surface area contributed by atoms with Gasteiger partial charge in [-0.2, -0.15) is 0 Å². The lowest BCUT2D eigenvalue weighted by atomic mass is 10.3. The molecule has 0 saturated heterocycles. The molecule has 4 heteroatoms. The molecule has 1 aromatic heterocycles. The fourth-order valence-electron chi connectivity index (χ4n) is 0.616. The van der Waals surface area contributed by atoms with Crippen molar-refractivity contribution < 1.29 is 4.79 Å². The van der Waals surface area contributed by atoms with Crippen LogP contribution in [0.1, 0.15) is 10.4 Å². The van der Waals surface area contributed by atoms with Crippen LogP contribution in [0.15, 0.2) is 11.4 Å². The summed E-state index contributed by atoms with van der Waals surface area (Å²) >= 11 is 1.37. The highest BCUT2D eigenvalue weighted by Crippen LogP contribution is 2.15. The van der Waals surface area contributed by atoms with E-state index in [-0.39, 0.29) is 5.91 Å². The number of rotatable bonds is 1. The van der Waals surface area contributed by atoms with Crippen LogP contribution in [0.25, 0.3) is 0 Å². The van der Waals surface area contributed by atoms with Crippen molar-refractivity contribution in [3.8, 4) is 0 Å². The molecule has 0 unspecified atom stereocenters. The van der Waals surface area contributed by atoms with Crippen LogP contribution in [0.5, 0.6) is 0 Å². The zero-order chi connectivity index (χ0) is 7.56. The first-order chi connectivity index (χ1) is 4.74. The first-order valence-electron chi connectivity index (χ1n) is 2.80. The lowest BCUT2D eigenvalue weighted by Crippen LogP contribution is -2.16. The fourth-order valence-corrected chi connectivity index (χ4v) is 1.25. The maximum Gasteiger partial charge on any atom is 0.251 e. The Morgan fingerprint density at radius 1 is 1.80 bits per heavy atom. The summed E-state index contributed by atoms with van der Waals surface area (Å²) in [6, 6.07) is 1.66. The molecule has 0 aliphatic rings. The summed E-state index contributed by atoms with van der Waals surface area (Å²) in [7, 11) is 1.59. The Kier molecular flexibility index (Phi) is 1.91. The molecule has 1 heterocycles. The SMILES string of the molecule is CNC(=O)c1csc(N)c1. The predicted octanol–water partition coefficient (Wildman–Crippen LogP) is 0.690. The number of nitrogens with one attached hydrogen (secondary N) is 1. The summed E-state index contributed by atoms with van der Waals surface area (Å²) in [4.78, 5) is 10.9. The van der Waals surface area contributed by atoms with E-state index in [9.17, 15) is 4.79 Å². The highest BCUT2D eigenvalue weighted by Gasteiger charge is 2.03. The molecule has 0 aromatic carbocycles. The second-order valence-corrected chi connectivity index (χ2v) is 2.76. The molecule has 1 aromatic rings. The zero-order valence-electron chi connectivity index (χ0n) is 5.55. The molecule has 0 bridgehead atoms. The summed E-state index contributed by atoms with van der Waals surface area (Å²) in [5.41, 5.74) is 6.04. The van der Waals surface area contributed by atoms with Crippen LogP contribution in [0.4, 0.5) is 5.00 Å². The van der Waals surface area contributed by atoms with Crippen molar-refractivity contribution in [2.75, 3.05) is 12.8 Å². The summed E-state index contributed by atoms with van der Waals surface area (Å²) in [6.45, 7) is 0. The van der Waals surface area contributed by atoms with Crippen molar-refractivity contribution in [3.63, 3.8) is 0 Å². The number of amides is 1. The molecule has 10 heavy (non-hydrogen) atoms. The summed E-state index contributed by atoms with van der Waals surface area (Å²) in [6.07, 6.45) is 0. The van der Waals surface area contributed by atoms with Crippen molar-refractivity contribution in [2.24, 2.45) is 0 Å². The van der Waals surface area contributed by atoms with Gasteiger partial charge in [-0.1, -0.05) is 0 Å². The Labute approximate surface area is 62.9 Å². The minimum atomic E-state index is -0.0899. The molecule has 0 atom stereocenters. The molecule has 54 valence electrons. The van der Waals surface area contributed by atoms with E-state index in [4.69, 9.17) is 5.73 Å². The Morgan fingerprint density at radius 3 is 2.90 bits per heavy atom. The summed E-state index contributed by atoms with van der Waals surface area (Å²) < 4.78 is 0. The van der Waals surface area contributed by atoms with Crippen molar-refractivity contribution in [3.05, 3.63) is 17.0 Å². The van der Waals surface area contributed by atoms with Crippen molar-refractivity contribution in [1.82, 2.24) is 5.32 Å². The molecule has 3 N–H and O–H groups in total. The lowest BCUT2D eigenvalue weighted by Gasteiger charge is -1.91. The first kappa shape index (κ1) is 7.08. The van der Waals surface area contributed by atoms with E-state index in [0.717, 1.165) is 0 Å². The monoisotopic (exact) mass is 156 g/mol. The van der Waals surface area contributed by atoms with Crippen molar-refractivity contribution >= 4 is 22.2 Å². The van der Waals surface area contributed by atoms with E-state index in [1.165, 1.54) is 11.3 Å². The molecule has 0 aliphatic carbocycles. The quantitative estimate of drug-likeness (QED) is 0.628. The summed E-state index contributed by atoms with van der Waals surface area (Å²) in [5.74, 6) is -0.0899. The van der Waals surface area contributed by atoms with Gasteiger partial charge in [-0.25, -0.2) is 0 Å². The zero-order valence-corrected chi connectivity index (χ0v) is 6.37. The van der Waals surface area contributed by atoms with Gasteiger partial charge in [0.15, 0.2) is 0 Å². The van der Waals surface area contributed by atoms with E-state index in [2.05, 4.69) is 5.32 Å². The van der Waals surface area contributed by atoms with Gasteiger partial charge in [-0.05, 0) is 6.07 Å². The Morgan fingerprint density at radius 2 is 2.50 bits per heavy atom. The van der Waals surface area contributed by atoms with E-state index >= 15 is 0 Å². The number of anilines is 1. The van der Waals surface area contributed by atoms with E-state index in [1.54, 1.807) is 18.5 Å². The van der Waals surface area contributed by atoms with Gasteiger partial charge in [0.1, 0.15) is 0 Å².